The van der Waals surface area contributed by atoms with Crippen molar-refractivity contribution < 1.29 is 4.42 Å². The van der Waals surface area contributed by atoms with Crippen LogP contribution in [0.15, 0.2) is 77.2 Å². The van der Waals surface area contributed by atoms with E-state index < -0.39 is 0 Å². The third-order valence-electron chi connectivity index (χ3n) is 4.82. The molecular weight excluding hydrogens is 308 g/mol. The summed E-state index contributed by atoms with van der Waals surface area (Å²) < 4.78 is 5.95. The molecule has 0 amide bonds. The highest BCUT2D eigenvalue weighted by Gasteiger charge is 2.11. The fourth-order valence-corrected chi connectivity index (χ4v) is 3.62. The Bertz CT molecular complexity index is 1440. The predicted octanol–water partition coefficient (Wildman–Crippen LogP) is 5.84. The minimum Gasteiger partial charge on any atom is -0.454 e. The van der Waals surface area contributed by atoms with Crippen LogP contribution in [0.5, 0.6) is 0 Å². The fraction of sp³-hybridized carbons (Fsp3) is 0. The van der Waals surface area contributed by atoms with E-state index in [1.54, 1.807) is 0 Å². The van der Waals surface area contributed by atoms with Crippen molar-refractivity contribution in [1.29, 1.82) is 0 Å². The number of aromatic nitrogens is 2. The second-order valence-corrected chi connectivity index (χ2v) is 6.33. The summed E-state index contributed by atoms with van der Waals surface area (Å²) in [4.78, 5) is 9.71. The lowest BCUT2D eigenvalue weighted by molar-refractivity contribution is 0.669. The first-order valence-corrected chi connectivity index (χ1v) is 8.27. The van der Waals surface area contributed by atoms with Gasteiger partial charge in [0.15, 0.2) is 11.2 Å². The molecule has 0 saturated carbocycles. The summed E-state index contributed by atoms with van der Waals surface area (Å²) in [6.07, 6.45) is 0. The van der Waals surface area contributed by atoms with Gasteiger partial charge in [0.1, 0.15) is 11.1 Å². The molecule has 0 radical (unpaired) electrons. The molecule has 0 atom stereocenters. The van der Waals surface area contributed by atoms with Crippen LogP contribution in [0.3, 0.4) is 0 Å². The van der Waals surface area contributed by atoms with E-state index in [0.29, 0.717) is 0 Å². The zero-order valence-electron chi connectivity index (χ0n) is 13.2. The first kappa shape index (κ1) is 12.9. The Kier molecular flexibility index (Phi) is 2.35. The van der Waals surface area contributed by atoms with Gasteiger partial charge in [-0.1, -0.05) is 48.5 Å². The summed E-state index contributed by atoms with van der Waals surface area (Å²) in [6.45, 7) is 0. The molecule has 0 aliphatic carbocycles. The number of rotatable bonds is 0. The maximum Gasteiger partial charge on any atom is 0.160 e. The maximum absolute atomic E-state index is 5.95. The van der Waals surface area contributed by atoms with E-state index in [1.165, 1.54) is 5.39 Å². The van der Waals surface area contributed by atoms with Crippen LogP contribution in [0.25, 0.3) is 54.8 Å². The average Bonchev–Trinajstić information content (AvgIpc) is 3.02. The molecule has 3 heterocycles. The molecule has 3 nitrogen and oxygen atoms in total. The molecule has 0 bridgehead atoms. The Labute approximate surface area is 142 Å². The van der Waals surface area contributed by atoms with Gasteiger partial charge in [-0.3, -0.25) is 0 Å². The van der Waals surface area contributed by atoms with E-state index in [1.807, 2.05) is 36.4 Å². The summed E-state index contributed by atoms with van der Waals surface area (Å²) in [7, 11) is 0. The molecule has 3 aromatic heterocycles. The highest BCUT2D eigenvalue weighted by atomic mass is 16.3. The molecule has 0 aliphatic heterocycles. The quantitative estimate of drug-likeness (QED) is 0.261. The SMILES string of the molecule is c1ccc2c(c1)ccc1cc3cc4oc5ccccc5c4nc3nc12. The molecule has 0 spiro atoms. The van der Waals surface area contributed by atoms with Crippen LogP contribution in [0, 0.1) is 0 Å². The normalized spacial score (nSPS) is 12.0. The van der Waals surface area contributed by atoms with Gasteiger partial charge in [-0.25, -0.2) is 9.97 Å². The van der Waals surface area contributed by atoms with Crippen molar-refractivity contribution >= 4 is 54.8 Å². The largest absolute Gasteiger partial charge is 0.454 e. The van der Waals surface area contributed by atoms with E-state index in [9.17, 15) is 0 Å². The molecule has 116 valence electrons. The van der Waals surface area contributed by atoms with Crippen molar-refractivity contribution in [3.8, 4) is 0 Å². The number of benzene rings is 3. The number of furan rings is 1. The Morgan fingerprint density at radius 3 is 2.28 bits per heavy atom. The Balaban J connectivity index is 1.80. The zero-order valence-corrected chi connectivity index (χ0v) is 13.2. The maximum atomic E-state index is 5.95. The minimum atomic E-state index is 0.753. The van der Waals surface area contributed by atoms with Crippen molar-refractivity contribution in [2.24, 2.45) is 0 Å². The van der Waals surface area contributed by atoms with E-state index in [4.69, 9.17) is 14.4 Å². The van der Waals surface area contributed by atoms with Gasteiger partial charge in [0.05, 0.1) is 5.52 Å². The lowest BCUT2D eigenvalue weighted by Gasteiger charge is -2.05. The summed E-state index contributed by atoms with van der Waals surface area (Å²) in [5.41, 5.74) is 4.27. The van der Waals surface area contributed by atoms with Crippen LogP contribution >= 0.6 is 0 Å². The van der Waals surface area contributed by atoms with E-state index in [2.05, 4.69) is 36.4 Å². The molecule has 6 rings (SSSR count). The van der Waals surface area contributed by atoms with Crippen molar-refractivity contribution in [2.75, 3.05) is 0 Å². The predicted molar refractivity (Wildman–Crippen MR) is 102 cm³/mol. The van der Waals surface area contributed by atoms with Crippen molar-refractivity contribution in [3.63, 3.8) is 0 Å². The van der Waals surface area contributed by atoms with Crippen LogP contribution < -0.4 is 0 Å². The Morgan fingerprint density at radius 2 is 1.32 bits per heavy atom. The number of fused-ring (bicyclic) bond motifs is 7. The molecule has 0 aliphatic rings. The van der Waals surface area contributed by atoms with Gasteiger partial charge in [0, 0.05) is 21.5 Å². The second kappa shape index (κ2) is 4.54. The lowest BCUT2D eigenvalue weighted by Crippen LogP contribution is -1.88. The molecule has 0 fully saturated rings. The van der Waals surface area contributed by atoms with Gasteiger partial charge in [-0.05, 0) is 29.7 Å². The summed E-state index contributed by atoms with van der Waals surface area (Å²) in [5, 5.41) is 5.48. The van der Waals surface area contributed by atoms with Crippen molar-refractivity contribution in [1.82, 2.24) is 9.97 Å². The highest BCUT2D eigenvalue weighted by molar-refractivity contribution is 6.10. The Morgan fingerprint density at radius 1 is 0.560 bits per heavy atom. The standard InChI is InChI=1S/C22H12N2O/c1-2-6-16-13(5-1)9-10-14-11-15-12-19-21(24-22(15)23-20(14)16)17-7-3-4-8-18(17)25-19/h1-12H. The van der Waals surface area contributed by atoms with E-state index in [0.717, 1.165) is 49.4 Å². The Hall–Kier alpha value is -3.46. The highest BCUT2D eigenvalue weighted by Crippen LogP contribution is 2.31. The number of hydrogen-bond acceptors (Lipinski definition) is 3. The van der Waals surface area contributed by atoms with Crippen molar-refractivity contribution in [2.45, 2.75) is 0 Å². The third kappa shape index (κ3) is 1.75. The van der Waals surface area contributed by atoms with Gasteiger partial charge in [0.25, 0.3) is 0 Å². The van der Waals surface area contributed by atoms with Gasteiger partial charge >= 0.3 is 0 Å². The molecular formula is C22H12N2O. The minimum absolute atomic E-state index is 0.753. The first-order chi connectivity index (χ1) is 12.4. The third-order valence-corrected chi connectivity index (χ3v) is 4.82. The van der Waals surface area contributed by atoms with Crippen LogP contribution in [0.1, 0.15) is 0 Å². The van der Waals surface area contributed by atoms with Gasteiger partial charge < -0.3 is 4.42 Å². The molecule has 3 aromatic carbocycles. The van der Waals surface area contributed by atoms with Gasteiger partial charge in [-0.2, -0.15) is 0 Å². The smallest absolute Gasteiger partial charge is 0.160 e. The zero-order chi connectivity index (χ0) is 16.4. The lowest BCUT2D eigenvalue weighted by atomic mass is 10.1. The number of pyridine rings is 2. The average molecular weight is 320 g/mol. The second-order valence-electron chi connectivity index (χ2n) is 6.33. The number of para-hydroxylation sites is 1. The molecule has 0 saturated heterocycles. The van der Waals surface area contributed by atoms with Crippen LogP contribution in [0.4, 0.5) is 0 Å². The monoisotopic (exact) mass is 320 g/mol. The number of hydrogen-bond donors (Lipinski definition) is 0. The van der Waals surface area contributed by atoms with Crippen LogP contribution in [-0.4, -0.2) is 9.97 Å². The summed E-state index contributed by atoms with van der Waals surface area (Å²) in [5.74, 6) is 0. The first-order valence-electron chi connectivity index (χ1n) is 8.27. The summed E-state index contributed by atoms with van der Waals surface area (Å²) in [6, 6.07) is 24.8. The van der Waals surface area contributed by atoms with E-state index >= 15 is 0 Å². The van der Waals surface area contributed by atoms with Crippen LogP contribution in [-0.2, 0) is 0 Å². The molecule has 0 unspecified atom stereocenters. The van der Waals surface area contributed by atoms with Gasteiger partial charge in [0.2, 0.25) is 0 Å². The fourth-order valence-electron chi connectivity index (χ4n) is 3.62. The molecule has 6 aromatic rings. The van der Waals surface area contributed by atoms with Crippen LogP contribution in [0.2, 0.25) is 0 Å². The van der Waals surface area contributed by atoms with Crippen molar-refractivity contribution in [3.05, 3.63) is 72.8 Å². The number of nitrogens with zero attached hydrogens (tertiary/aromatic N) is 2. The molecule has 0 N–H and O–H groups in total. The van der Waals surface area contributed by atoms with Gasteiger partial charge in [-0.15, -0.1) is 0 Å². The molecule has 25 heavy (non-hydrogen) atoms. The summed E-state index contributed by atoms with van der Waals surface area (Å²) >= 11 is 0. The molecule has 3 heteroatoms. The van der Waals surface area contributed by atoms with E-state index in [-0.39, 0.29) is 0 Å². The topological polar surface area (TPSA) is 38.9 Å².